The lowest BCUT2D eigenvalue weighted by Crippen LogP contribution is -2.46. The van der Waals surface area contributed by atoms with E-state index in [1.807, 2.05) is 6.92 Å². The van der Waals surface area contributed by atoms with E-state index in [0.717, 1.165) is 6.54 Å². The number of benzene rings is 1. The summed E-state index contributed by atoms with van der Waals surface area (Å²) >= 11 is 0. The highest BCUT2D eigenvalue weighted by Gasteiger charge is 2.24. The average molecular weight is 281 g/mol. The SMILES string of the molecule is CC1CN(Cc2cccc(/C(N)=N/O)c2F)C(C)CO1. The van der Waals surface area contributed by atoms with Gasteiger partial charge < -0.3 is 15.7 Å². The number of amidine groups is 1. The van der Waals surface area contributed by atoms with Crippen LogP contribution >= 0.6 is 0 Å². The van der Waals surface area contributed by atoms with Crippen LogP contribution < -0.4 is 5.73 Å². The van der Waals surface area contributed by atoms with Crippen LogP contribution in [0.15, 0.2) is 23.4 Å². The standard InChI is InChI=1S/C14H20FN3O2/c1-9-8-20-10(2)6-18(9)7-11-4-3-5-12(13(11)15)14(16)17-19/h3-5,9-10,19H,6-8H2,1-2H3,(H2,16,17). The van der Waals surface area contributed by atoms with E-state index < -0.39 is 5.82 Å². The van der Waals surface area contributed by atoms with Crippen molar-refractivity contribution in [3.63, 3.8) is 0 Å². The summed E-state index contributed by atoms with van der Waals surface area (Å²) in [6.45, 7) is 5.93. The van der Waals surface area contributed by atoms with Gasteiger partial charge in [-0.05, 0) is 19.9 Å². The van der Waals surface area contributed by atoms with Gasteiger partial charge in [-0.15, -0.1) is 0 Å². The zero-order valence-corrected chi connectivity index (χ0v) is 11.7. The van der Waals surface area contributed by atoms with E-state index in [-0.39, 0.29) is 23.5 Å². The van der Waals surface area contributed by atoms with Crippen molar-refractivity contribution in [2.45, 2.75) is 32.5 Å². The highest BCUT2D eigenvalue weighted by molar-refractivity contribution is 5.97. The summed E-state index contributed by atoms with van der Waals surface area (Å²) < 4.78 is 19.9. The minimum absolute atomic E-state index is 0.124. The fraction of sp³-hybridized carbons (Fsp3) is 0.500. The molecule has 2 atom stereocenters. The molecule has 5 nitrogen and oxygen atoms in total. The van der Waals surface area contributed by atoms with Crippen LogP contribution in [-0.2, 0) is 11.3 Å². The Balaban J connectivity index is 2.21. The van der Waals surface area contributed by atoms with Gasteiger partial charge in [-0.2, -0.15) is 0 Å². The summed E-state index contributed by atoms with van der Waals surface area (Å²) in [5, 5.41) is 11.5. The van der Waals surface area contributed by atoms with Gasteiger partial charge in [0.2, 0.25) is 0 Å². The van der Waals surface area contributed by atoms with Crippen molar-refractivity contribution in [2.75, 3.05) is 13.2 Å². The number of halogens is 1. The van der Waals surface area contributed by atoms with E-state index >= 15 is 0 Å². The van der Waals surface area contributed by atoms with Gasteiger partial charge in [0.25, 0.3) is 0 Å². The largest absolute Gasteiger partial charge is 0.409 e. The number of ether oxygens (including phenoxy) is 1. The molecule has 1 aliphatic heterocycles. The topological polar surface area (TPSA) is 71.1 Å². The van der Waals surface area contributed by atoms with Crippen LogP contribution in [0.25, 0.3) is 0 Å². The molecule has 110 valence electrons. The van der Waals surface area contributed by atoms with Crippen LogP contribution in [0, 0.1) is 5.82 Å². The monoisotopic (exact) mass is 281 g/mol. The lowest BCUT2D eigenvalue weighted by Gasteiger charge is -2.36. The van der Waals surface area contributed by atoms with Gasteiger partial charge in [0, 0.05) is 24.7 Å². The van der Waals surface area contributed by atoms with E-state index in [0.29, 0.717) is 18.7 Å². The molecule has 1 aliphatic rings. The lowest BCUT2D eigenvalue weighted by atomic mass is 10.1. The van der Waals surface area contributed by atoms with Crippen LogP contribution in [0.2, 0.25) is 0 Å². The van der Waals surface area contributed by atoms with E-state index in [9.17, 15) is 4.39 Å². The highest BCUT2D eigenvalue weighted by atomic mass is 19.1. The predicted molar refractivity (Wildman–Crippen MR) is 74.2 cm³/mol. The fourth-order valence-electron chi connectivity index (χ4n) is 2.36. The third-order valence-electron chi connectivity index (χ3n) is 3.57. The van der Waals surface area contributed by atoms with E-state index in [4.69, 9.17) is 15.7 Å². The first-order valence-electron chi connectivity index (χ1n) is 6.64. The molecule has 1 heterocycles. The van der Waals surface area contributed by atoms with Crippen molar-refractivity contribution < 1.29 is 14.3 Å². The van der Waals surface area contributed by atoms with E-state index in [1.165, 1.54) is 6.07 Å². The summed E-state index contributed by atoms with van der Waals surface area (Å²) in [7, 11) is 0. The Morgan fingerprint density at radius 1 is 1.55 bits per heavy atom. The Bertz CT molecular complexity index is 507. The van der Waals surface area contributed by atoms with Crippen LogP contribution in [0.3, 0.4) is 0 Å². The zero-order chi connectivity index (χ0) is 14.7. The minimum atomic E-state index is -0.436. The molecular weight excluding hydrogens is 261 g/mol. The minimum Gasteiger partial charge on any atom is -0.409 e. The first-order chi connectivity index (χ1) is 9.52. The third-order valence-corrected chi connectivity index (χ3v) is 3.57. The number of morpholine rings is 1. The number of hydrogen-bond acceptors (Lipinski definition) is 4. The number of nitrogens with zero attached hydrogens (tertiary/aromatic N) is 2. The molecule has 0 aliphatic carbocycles. The first-order valence-corrected chi connectivity index (χ1v) is 6.64. The first kappa shape index (κ1) is 14.7. The summed E-state index contributed by atoms with van der Waals surface area (Å²) in [6, 6.07) is 5.16. The van der Waals surface area contributed by atoms with E-state index in [1.54, 1.807) is 12.1 Å². The van der Waals surface area contributed by atoms with Gasteiger partial charge in [-0.1, -0.05) is 17.3 Å². The molecule has 2 rings (SSSR count). The van der Waals surface area contributed by atoms with Crippen molar-refractivity contribution in [1.29, 1.82) is 0 Å². The Labute approximate surface area is 117 Å². The molecule has 3 N–H and O–H groups in total. The van der Waals surface area contributed by atoms with Crippen LogP contribution in [0.1, 0.15) is 25.0 Å². The Morgan fingerprint density at radius 2 is 2.30 bits per heavy atom. The van der Waals surface area contributed by atoms with Crippen molar-refractivity contribution in [3.8, 4) is 0 Å². The highest BCUT2D eigenvalue weighted by Crippen LogP contribution is 2.19. The van der Waals surface area contributed by atoms with Gasteiger partial charge >= 0.3 is 0 Å². The Morgan fingerprint density at radius 3 is 3.00 bits per heavy atom. The van der Waals surface area contributed by atoms with Crippen molar-refractivity contribution in [2.24, 2.45) is 10.9 Å². The molecule has 1 fully saturated rings. The predicted octanol–water partition coefficient (Wildman–Crippen LogP) is 1.53. The van der Waals surface area contributed by atoms with Gasteiger partial charge in [0.1, 0.15) is 5.82 Å². The molecule has 1 saturated heterocycles. The quantitative estimate of drug-likeness (QED) is 0.381. The van der Waals surface area contributed by atoms with Crippen LogP contribution in [-0.4, -0.2) is 41.2 Å². The summed E-state index contributed by atoms with van der Waals surface area (Å²) in [4.78, 5) is 2.17. The molecule has 20 heavy (non-hydrogen) atoms. The van der Waals surface area contributed by atoms with Gasteiger partial charge in [0.15, 0.2) is 5.84 Å². The second-order valence-corrected chi connectivity index (χ2v) is 5.19. The second-order valence-electron chi connectivity index (χ2n) is 5.19. The smallest absolute Gasteiger partial charge is 0.173 e. The molecular formula is C14H20FN3O2. The molecule has 0 saturated carbocycles. The number of rotatable bonds is 3. The lowest BCUT2D eigenvalue weighted by molar-refractivity contribution is -0.0529. The second kappa shape index (κ2) is 6.19. The molecule has 0 spiro atoms. The number of nitrogens with two attached hydrogens (primary N) is 1. The normalized spacial score (nSPS) is 24.9. The van der Waals surface area contributed by atoms with Crippen LogP contribution in [0.4, 0.5) is 4.39 Å². The molecule has 2 unspecified atom stereocenters. The van der Waals surface area contributed by atoms with Crippen LogP contribution in [0.5, 0.6) is 0 Å². The average Bonchev–Trinajstić information content (AvgIpc) is 2.44. The molecule has 6 heteroatoms. The van der Waals surface area contributed by atoms with Crippen molar-refractivity contribution >= 4 is 5.84 Å². The molecule has 1 aromatic rings. The maximum absolute atomic E-state index is 14.4. The molecule has 0 radical (unpaired) electrons. The molecule has 1 aromatic carbocycles. The molecule has 0 amide bonds. The molecule has 0 aromatic heterocycles. The Kier molecular flexibility index (Phi) is 4.57. The summed E-state index contributed by atoms with van der Waals surface area (Å²) in [5.41, 5.74) is 6.13. The Hall–Kier alpha value is -1.66. The fourth-order valence-corrected chi connectivity index (χ4v) is 2.36. The van der Waals surface area contributed by atoms with Gasteiger partial charge in [0.05, 0.1) is 18.3 Å². The van der Waals surface area contributed by atoms with Gasteiger partial charge in [-0.25, -0.2) is 4.39 Å². The maximum atomic E-state index is 14.4. The summed E-state index contributed by atoms with van der Waals surface area (Å²) in [5.74, 6) is -0.651. The summed E-state index contributed by atoms with van der Waals surface area (Å²) in [6.07, 6.45) is 0.140. The van der Waals surface area contributed by atoms with E-state index in [2.05, 4.69) is 17.0 Å². The van der Waals surface area contributed by atoms with Crippen molar-refractivity contribution in [3.05, 3.63) is 35.1 Å². The maximum Gasteiger partial charge on any atom is 0.173 e. The zero-order valence-electron chi connectivity index (χ0n) is 11.7. The van der Waals surface area contributed by atoms with Gasteiger partial charge in [-0.3, -0.25) is 4.90 Å². The number of hydrogen-bond donors (Lipinski definition) is 2. The third kappa shape index (κ3) is 3.08. The molecule has 0 bridgehead atoms. The van der Waals surface area contributed by atoms with Crippen molar-refractivity contribution in [1.82, 2.24) is 4.90 Å². The number of oxime groups is 1.